The Morgan fingerprint density at radius 3 is 1.72 bits per heavy atom. The normalized spacial score (nSPS) is 11.1. The van der Waals surface area contributed by atoms with Crippen LogP contribution in [0.2, 0.25) is 0 Å². The van der Waals surface area contributed by atoms with E-state index in [1.54, 1.807) is 0 Å². The third-order valence-electron chi connectivity index (χ3n) is 2.06. The lowest BCUT2D eigenvalue weighted by molar-refractivity contribution is 0.0696. The largest absolute Gasteiger partial charge is 0.478 e. The minimum atomic E-state index is -1.11. The van der Waals surface area contributed by atoms with E-state index in [2.05, 4.69) is 0 Å². The molecule has 1 aromatic carbocycles. The van der Waals surface area contributed by atoms with E-state index in [9.17, 15) is 9.59 Å². The van der Waals surface area contributed by atoms with Crippen molar-refractivity contribution in [2.45, 2.75) is 20.0 Å². The van der Waals surface area contributed by atoms with Crippen LogP contribution in [0.15, 0.2) is 18.2 Å². The number of aliphatic hydroxyl groups excluding tert-OH is 2. The van der Waals surface area contributed by atoms with Crippen molar-refractivity contribution in [2.75, 3.05) is 6.61 Å². The van der Waals surface area contributed by atoms with Crippen LogP contribution in [0.25, 0.3) is 0 Å². The highest BCUT2D eigenvalue weighted by Crippen LogP contribution is 2.13. The summed E-state index contributed by atoms with van der Waals surface area (Å²) in [5, 5.41) is 33.4. The molecular formula is C12H16O6. The fourth-order valence-corrected chi connectivity index (χ4v) is 1.10. The molecule has 1 atom stereocenters. The zero-order valence-electron chi connectivity index (χ0n) is 10.1. The predicted molar refractivity (Wildman–Crippen MR) is 63.9 cm³/mol. The third kappa shape index (κ3) is 4.94. The summed E-state index contributed by atoms with van der Waals surface area (Å²) in [5.74, 6) is -2.22. The van der Waals surface area contributed by atoms with Gasteiger partial charge in [0.15, 0.2) is 0 Å². The molecule has 18 heavy (non-hydrogen) atoms. The average Bonchev–Trinajstić information content (AvgIpc) is 2.29. The molecule has 0 fully saturated rings. The summed E-state index contributed by atoms with van der Waals surface area (Å²) in [5.41, 5.74) is 0.335. The molecule has 0 aromatic heterocycles. The first-order valence-corrected chi connectivity index (χ1v) is 5.16. The van der Waals surface area contributed by atoms with Gasteiger partial charge in [-0.1, -0.05) is 6.07 Å². The standard InChI is InChI=1S/C9H8O4.C3H8O2/c1-5-6(8(10)11)3-2-4-7(5)9(12)13;1-3(5)2-4/h2-4H,1H3,(H,10,11)(H,12,13);3-5H,2H2,1H3. The van der Waals surface area contributed by atoms with Gasteiger partial charge in [-0.15, -0.1) is 0 Å². The molecule has 100 valence electrons. The maximum Gasteiger partial charge on any atom is 0.335 e. The molecule has 6 heteroatoms. The second kappa shape index (κ2) is 7.41. The Morgan fingerprint density at radius 1 is 1.17 bits per heavy atom. The van der Waals surface area contributed by atoms with Crippen LogP contribution >= 0.6 is 0 Å². The minimum absolute atomic E-state index is 0.0277. The van der Waals surface area contributed by atoms with Gasteiger partial charge in [0.1, 0.15) is 0 Å². The maximum absolute atomic E-state index is 10.6. The number of hydrogen-bond donors (Lipinski definition) is 4. The van der Waals surface area contributed by atoms with E-state index in [1.165, 1.54) is 32.0 Å². The summed E-state index contributed by atoms with van der Waals surface area (Å²) in [6.45, 7) is 2.87. The first-order chi connectivity index (χ1) is 8.31. The average molecular weight is 256 g/mol. The van der Waals surface area contributed by atoms with Crippen molar-refractivity contribution < 1.29 is 30.0 Å². The highest BCUT2D eigenvalue weighted by molar-refractivity contribution is 5.96. The number of aromatic carboxylic acids is 2. The van der Waals surface area contributed by atoms with Crippen LogP contribution in [0.3, 0.4) is 0 Å². The van der Waals surface area contributed by atoms with Crippen molar-refractivity contribution in [3.63, 3.8) is 0 Å². The molecule has 0 aliphatic carbocycles. The number of carboxylic acid groups (broad SMARTS) is 2. The van der Waals surface area contributed by atoms with Crippen LogP contribution in [0.4, 0.5) is 0 Å². The van der Waals surface area contributed by atoms with Crippen molar-refractivity contribution in [1.82, 2.24) is 0 Å². The molecule has 0 aliphatic heterocycles. The smallest absolute Gasteiger partial charge is 0.335 e. The topological polar surface area (TPSA) is 115 Å². The van der Waals surface area contributed by atoms with Gasteiger partial charge in [0.2, 0.25) is 0 Å². The van der Waals surface area contributed by atoms with Crippen molar-refractivity contribution in [3.05, 3.63) is 34.9 Å². The van der Waals surface area contributed by atoms with E-state index in [-0.39, 0.29) is 23.3 Å². The van der Waals surface area contributed by atoms with Crippen LogP contribution < -0.4 is 0 Å². The molecule has 0 bridgehead atoms. The molecule has 6 nitrogen and oxygen atoms in total. The fourth-order valence-electron chi connectivity index (χ4n) is 1.10. The molecule has 0 aliphatic rings. The van der Waals surface area contributed by atoms with E-state index in [0.717, 1.165) is 0 Å². The first-order valence-electron chi connectivity index (χ1n) is 5.16. The molecule has 0 heterocycles. The Balaban J connectivity index is 0.000000494. The lowest BCUT2D eigenvalue weighted by atomic mass is 10.0. The van der Waals surface area contributed by atoms with E-state index < -0.39 is 18.0 Å². The van der Waals surface area contributed by atoms with Gasteiger partial charge in [-0.05, 0) is 31.5 Å². The maximum atomic E-state index is 10.6. The van der Waals surface area contributed by atoms with E-state index in [4.69, 9.17) is 20.4 Å². The lowest BCUT2D eigenvalue weighted by Crippen LogP contribution is -2.06. The minimum Gasteiger partial charge on any atom is -0.478 e. The second-order valence-corrected chi connectivity index (χ2v) is 3.62. The SMILES string of the molecule is CC(O)CO.Cc1c(C(=O)O)cccc1C(=O)O. The summed E-state index contributed by atoms with van der Waals surface area (Å²) in [4.78, 5) is 21.2. The van der Waals surface area contributed by atoms with Gasteiger partial charge in [-0.2, -0.15) is 0 Å². The highest BCUT2D eigenvalue weighted by Gasteiger charge is 2.13. The summed E-state index contributed by atoms with van der Waals surface area (Å²) in [7, 11) is 0. The zero-order chi connectivity index (χ0) is 14.3. The third-order valence-corrected chi connectivity index (χ3v) is 2.06. The van der Waals surface area contributed by atoms with E-state index in [1.807, 2.05) is 0 Å². The number of rotatable bonds is 3. The first kappa shape index (κ1) is 16.1. The number of aliphatic hydroxyl groups is 2. The molecule has 4 N–H and O–H groups in total. The molecule has 1 rings (SSSR count). The van der Waals surface area contributed by atoms with Crippen LogP contribution in [0.5, 0.6) is 0 Å². The van der Waals surface area contributed by atoms with Gasteiger partial charge in [0.05, 0.1) is 23.8 Å². The summed E-state index contributed by atoms with van der Waals surface area (Å²) >= 11 is 0. The van der Waals surface area contributed by atoms with Gasteiger partial charge in [-0.25, -0.2) is 9.59 Å². The summed E-state index contributed by atoms with van der Waals surface area (Å²) < 4.78 is 0. The number of carbonyl (C=O) groups is 2. The summed E-state index contributed by atoms with van der Waals surface area (Å²) in [6.07, 6.45) is -0.560. The monoisotopic (exact) mass is 256 g/mol. The number of hydrogen-bond acceptors (Lipinski definition) is 4. The van der Waals surface area contributed by atoms with Crippen LogP contribution in [-0.2, 0) is 0 Å². The Hall–Kier alpha value is -1.92. The molecule has 1 aromatic rings. The lowest BCUT2D eigenvalue weighted by Gasteiger charge is -2.03. The van der Waals surface area contributed by atoms with Crippen molar-refractivity contribution in [1.29, 1.82) is 0 Å². The van der Waals surface area contributed by atoms with Gasteiger partial charge in [-0.3, -0.25) is 0 Å². The van der Waals surface area contributed by atoms with Crippen molar-refractivity contribution in [3.8, 4) is 0 Å². The predicted octanol–water partition coefficient (Wildman–Crippen LogP) is 0.751. The molecule has 0 radical (unpaired) electrons. The van der Waals surface area contributed by atoms with Crippen LogP contribution in [0, 0.1) is 6.92 Å². The number of carboxylic acids is 2. The quantitative estimate of drug-likeness (QED) is 0.634. The molecule has 0 amide bonds. The van der Waals surface area contributed by atoms with Crippen molar-refractivity contribution in [2.24, 2.45) is 0 Å². The highest BCUT2D eigenvalue weighted by atomic mass is 16.4. The molecule has 1 unspecified atom stereocenters. The van der Waals surface area contributed by atoms with Crippen LogP contribution in [-0.4, -0.2) is 45.1 Å². The Bertz CT molecular complexity index is 392. The van der Waals surface area contributed by atoms with Gasteiger partial charge in [0, 0.05) is 0 Å². The summed E-state index contributed by atoms with van der Waals surface area (Å²) in [6, 6.07) is 4.17. The Morgan fingerprint density at radius 2 is 1.50 bits per heavy atom. The molecule has 0 spiro atoms. The fraction of sp³-hybridized carbons (Fsp3) is 0.333. The molecular weight excluding hydrogens is 240 g/mol. The van der Waals surface area contributed by atoms with E-state index in [0.29, 0.717) is 0 Å². The Labute approximate surface area is 104 Å². The molecule has 0 saturated carbocycles. The second-order valence-electron chi connectivity index (χ2n) is 3.62. The molecule has 0 saturated heterocycles. The van der Waals surface area contributed by atoms with Gasteiger partial charge >= 0.3 is 11.9 Å². The van der Waals surface area contributed by atoms with Gasteiger partial charge < -0.3 is 20.4 Å². The Kier molecular flexibility index (Phi) is 6.62. The number of benzene rings is 1. The zero-order valence-corrected chi connectivity index (χ0v) is 10.1. The van der Waals surface area contributed by atoms with Gasteiger partial charge in [0.25, 0.3) is 0 Å². The van der Waals surface area contributed by atoms with Crippen LogP contribution in [0.1, 0.15) is 33.2 Å². The van der Waals surface area contributed by atoms with E-state index >= 15 is 0 Å². The van der Waals surface area contributed by atoms with Crippen molar-refractivity contribution >= 4 is 11.9 Å².